The number of benzene rings is 4. The van der Waals surface area contributed by atoms with E-state index in [1.807, 2.05) is 42.2 Å². The average molecular weight is 587 g/mol. The molecular weight excluding hydrogens is 553 g/mol. The summed E-state index contributed by atoms with van der Waals surface area (Å²) >= 11 is 3.31. The summed E-state index contributed by atoms with van der Waals surface area (Å²) in [6.07, 6.45) is 3.68. The quantitative estimate of drug-likeness (QED) is 0.172. The lowest BCUT2D eigenvalue weighted by Crippen LogP contribution is -2.25. The van der Waals surface area contributed by atoms with Crippen LogP contribution in [0.15, 0.2) is 149 Å². The van der Waals surface area contributed by atoms with Crippen LogP contribution in [-0.4, -0.2) is 15.7 Å². The highest BCUT2D eigenvalue weighted by Crippen LogP contribution is 2.28. The summed E-state index contributed by atoms with van der Waals surface area (Å²) in [5.41, 5.74) is 5.90. The lowest BCUT2D eigenvalue weighted by atomic mass is 9.98. The molecule has 0 saturated heterocycles. The third-order valence-electron chi connectivity index (χ3n) is 6.80. The molecule has 42 heavy (non-hydrogen) atoms. The van der Waals surface area contributed by atoms with E-state index in [1.54, 1.807) is 22.7 Å². The van der Waals surface area contributed by atoms with Gasteiger partial charge in [0.1, 0.15) is 16.1 Å². The first kappa shape index (κ1) is 29.3. The molecule has 6 rings (SSSR count). The number of nitrogens with one attached hydrogen (secondary N) is 1. The number of hydrogen-bond acceptors (Lipinski definition) is 6. The van der Waals surface area contributed by atoms with Crippen LogP contribution in [0.3, 0.4) is 0 Å². The Morgan fingerprint density at radius 3 is 1.50 bits per heavy atom. The molecule has 2 aromatic heterocycles. The first-order valence-electron chi connectivity index (χ1n) is 14.0. The van der Waals surface area contributed by atoms with Crippen molar-refractivity contribution in [2.24, 2.45) is 4.99 Å². The van der Waals surface area contributed by atoms with Crippen molar-refractivity contribution in [3.63, 3.8) is 0 Å². The van der Waals surface area contributed by atoms with Gasteiger partial charge in [-0.2, -0.15) is 0 Å². The lowest BCUT2D eigenvalue weighted by molar-refractivity contribution is 0.514. The van der Waals surface area contributed by atoms with Crippen LogP contribution in [0.5, 0.6) is 0 Å². The Bertz CT molecular complexity index is 1530. The zero-order valence-electron chi connectivity index (χ0n) is 23.7. The monoisotopic (exact) mass is 586 g/mol. The molecule has 1 atom stereocenters. The Morgan fingerprint density at radius 1 is 0.619 bits per heavy atom. The van der Waals surface area contributed by atoms with E-state index in [1.165, 1.54) is 22.3 Å². The Morgan fingerprint density at radius 2 is 1.07 bits per heavy atom. The molecule has 0 aliphatic rings. The second-order valence-electron chi connectivity index (χ2n) is 9.79. The topological polar surface area (TPSA) is 50.2 Å². The molecule has 0 aliphatic heterocycles. The predicted octanol–water partition coefficient (Wildman–Crippen LogP) is 9.32. The predicted molar refractivity (Wildman–Crippen MR) is 177 cm³/mol. The van der Waals surface area contributed by atoms with Gasteiger partial charge in [-0.15, -0.1) is 22.7 Å². The maximum atomic E-state index is 4.92. The molecule has 0 bridgehead atoms. The van der Waals surface area contributed by atoms with Gasteiger partial charge >= 0.3 is 0 Å². The first-order valence-corrected chi connectivity index (χ1v) is 15.7. The SMILES string of the molecule is CC(=NC(c1ccccc1)c1ccccc1)c1nccs1.C[C@@H](NC(c1ccccc1)c1ccccc1)c1nccs1. The van der Waals surface area contributed by atoms with Crippen LogP contribution >= 0.6 is 22.7 Å². The van der Waals surface area contributed by atoms with Crippen LogP contribution in [-0.2, 0) is 0 Å². The first-order chi connectivity index (χ1) is 20.7. The second kappa shape index (κ2) is 15.1. The summed E-state index contributed by atoms with van der Waals surface area (Å²) in [5, 5.41) is 9.80. The van der Waals surface area contributed by atoms with E-state index in [9.17, 15) is 0 Å². The zero-order valence-corrected chi connectivity index (χ0v) is 25.4. The molecule has 6 heteroatoms. The summed E-state index contributed by atoms with van der Waals surface area (Å²) < 4.78 is 0. The van der Waals surface area contributed by atoms with Crippen molar-refractivity contribution in [2.45, 2.75) is 32.0 Å². The zero-order chi connectivity index (χ0) is 29.0. The summed E-state index contributed by atoms with van der Waals surface area (Å²) in [4.78, 5) is 13.7. The van der Waals surface area contributed by atoms with Crippen LogP contribution in [0, 0.1) is 0 Å². The van der Waals surface area contributed by atoms with Gasteiger partial charge < -0.3 is 0 Å². The van der Waals surface area contributed by atoms with Crippen molar-refractivity contribution in [3.8, 4) is 0 Å². The van der Waals surface area contributed by atoms with Gasteiger partial charge in [0.15, 0.2) is 0 Å². The molecule has 0 fully saturated rings. The molecule has 0 radical (unpaired) electrons. The molecule has 210 valence electrons. The lowest BCUT2D eigenvalue weighted by Gasteiger charge is -2.23. The third-order valence-corrected chi connectivity index (χ3v) is 8.64. The van der Waals surface area contributed by atoms with Crippen molar-refractivity contribution in [1.82, 2.24) is 15.3 Å². The number of hydrogen-bond donors (Lipinski definition) is 1. The minimum absolute atomic E-state index is 0.0105. The van der Waals surface area contributed by atoms with E-state index in [0.717, 1.165) is 15.7 Å². The fraction of sp³-hybridized carbons (Fsp3) is 0.139. The standard InChI is InChI=1S/C18H18N2S.C18H16N2S/c2*1-14(18-19-12-13-21-18)20-17(15-8-4-2-5-9-15)16-10-6-3-7-11-16/h2-14,17,20H,1H3;2-13,17H,1H3/t14-;/m1./s1. The molecule has 0 aliphatic carbocycles. The van der Waals surface area contributed by atoms with Crippen molar-refractivity contribution in [3.05, 3.63) is 177 Å². The van der Waals surface area contributed by atoms with Gasteiger partial charge in [-0.3, -0.25) is 10.3 Å². The molecule has 4 nitrogen and oxygen atoms in total. The van der Waals surface area contributed by atoms with Gasteiger partial charge in [-0.05, 0) is 36.1 Å². The highest BCUT2D eigenvalue weighted by Gasteiger charge is 2.18. The van der Waals surface area contributed by atoms with Crippen LogP contribution in [0.25, 0.3) is 0 Å². The number of thiazole rings is 2. The van der Waals surface area contributed by atoms with Crippen molar-refractivity contribution < 1.29 is 0 Å². The largest absolute Gasteiger partial charge is 0.297 e. The van der Waals surface area contributed by atoms with Gasteiger partial charge in [0.2, 0.25) is 0 Å². The number of aliphatic imine (C=N–C) groups is 1. The Balaban J connectivity index is 0.000000168. The van der Waals surface area contributed by atoms with Gasteiger partial charge in [-0.1, -0.05) is 121 Å². The van der Waals surface area contributed by atoms with Gasteiger partial charge in [0, 0.05) is 23.2 Å². The van der Waals surface area contributed by atoms with E-state index < -0.39 is 0 Å². The number of nitrogens with zero attached hydrogens (tertiary/aromatic N) is 3. The highest BCUT2D eigenvalue weighted by atomic mass is 32.1. The van der Waals surface area contributed by atoms with Gasteiger partial charge in [-0.25, -0.2) is 9.97 Å². The minimum Gasteiger partial charge on any atom is -0.297 e. The van der Waals surface area contributed by atoms with E-state index in [4.69, 9.17) is 4.99 Å². The molecule has 4 aromatic carbocycles. The molecule has 0 amide bonds. The average Bonchev–Trinajstić information content (AvgIpc) is 3.80. The fourth-order valence-electron chi connectivity index (χ4n) is 4.71. The van der Waals surface area contributed by atoms with Gasteiger partial charge in [0.05, 0.1) is 17.8 Å². The number of aromatic nitrogens is 2. The fourth-order valence-corrected chi connectivity index (χ4v) is 5.96. The normalized spacial score (nSPS) is 12.1. The molecule has 1 N–H and O–H groups in total. The van der Waals surface area contributed by atoms with E-state index in [0.29, 0.717) is 0 Å². The molecule has 0 spiro atoms. The van der Waals surface area contributed by atoms with Crippen molar-refractivity contribution in [2.75, 3.05) is 0 Å². The van der Waals surface area contributed by atoms with Crippen molar-refractivity contribution >= 4 is 28.4 Å². The number of rotatable bonds is 9. The summed E-state index contributed by atoms with van der Waals surface area (Å²) in [5.74, 6) is 0. The van der Waals surface area contributed by atoms with Crippen LogP contribution < -0.4 is 5.32 Å². The van der Waals surface area contributed by atoms with Gasteiger partial charge in [0.25, 0.3) is 0 Å². The molecule has 0 saturated carbocycles. The van der Waals surface area contributed by atoms with Crippen LogP contribution in [0.2, 0.25) is 0 Å². The summed E-state index contributed by atoms with van der Waals surface area (Å²) in [7, 11) is 0. The Hall–Kier alpha value is -4.23. The summed E-state index contributed by atoms with van der Waals surface area (Å²) in [6, 6.07) is 42.3. The second-order valence-corrected chi connectivity index (χ2v) is 11.6. The molecule has 6 aromatic rings. The maximum absolute atomic E-state index is 4.92. The maximum Gasteiger partial charge on any atom is 0.136 e. The van der Waals surface area contributed by atoms with E-state index in [2.05, 4.69) is 131 Å². The van der Waals surface area contributed by atoms with Crippen LogP contribution in [0.4, 0.5) is 0 Å². The van der Waals surface area contributed by atoms with E-state index in [-0.39, 0.29) is 18.1 Å². The molecule has 0 unspecified atom stereocenters. The Kier molecular flexibility index (Phi) is 10.5. The molecular formula is C36H34N4S2. The summed E-state index contributed by atoms with van der Waals surface area (Å²) in [6.45, 7) is 4.19. The van der Waals surface area contributed by atoms with Crippen LogP contribution in [0.1, 0.15) is 64.2 Å². The molecule has 2 heterocycles. The van der Waals surface area contributed by atoms with Crippen molar-refractivity contribution in [1.29, 1.82) is 0 Å². The Labute approximate surface area is 256 Å². The van der Waals surface area contributed by atoms with E-state index >= 15 is 0 Å². The third kappa shape index (κ3) is 7.95. The smallest absolute Gasteiger partial charge is 0.136 e. The minimum atomic E-state index is 0.0105. The highest BCUT2D eigenvalue weighted by molar-refractivity contribution is 7.11.